The van der Waals surface area contributed by atoms with E-state index in [0.29, 0.717) is 13.1 Å². The first-order chi connectivity index (χ1) is 23.7. The Balaban J connectivity index is 1.14. The summed E-state index contributed by atoms with van der Waals surface area (Å²) in [4.78, 5) is 46.0. The van der Waals surface area contributed by atoms with Crippen molar-refractivity contribution in [1.29, 1.82) is 0 Å². The van der Waals surface area contributed by atoms with Crippen LogP contribution in [0.3, 0.4) is 0 Å². The number of benzene rings is 2. The van der Waals surface area contributed by atoms with Crippen LogP contribution in [0.15, 0.2) is 54.4 Å². The van der Waals surface area contributed by atoms with Crippen LogP contribution in [0.4, 0.5) is 9.59 Å². The van der Waals surface area contributed by atoms with Gasteiger partial charge in [-0.05, 0) is 121 Å². The van der Waals surface area contributed by atoms with Crippen LogP contribution in [-0.2, 0) is 9.47 Å². The molecular formula is C40H48N6O4. The molecule has 0 unspecified atom stereocenters. The lowest BCUT2D eigenvalue weighted by Crippen LogP contribution is -2.36. The molecule has 2 N–H and O–H groups in total. The molecule has 2 saturated heterocycles. The van der Waals surface area contributed by atoms with Crippen molar-refractivity contribution in [2.24, 2.45) is 0 Å². The van der Waals surface area contributed by atoms with Crippen LogP contribution in [0.25, 0.3) is 39.2 Å². The summed E-state index contributed by atoms with van der Waals surface area (Å²) in [6, 6.07) is 12.9. The third-order valence-corrected chi connectivity index (χ3v) is 9.57. The maximum atomic E-state index is 12.9. The molecule has 0 saturated carbocycles. The van der Waals surface area contributed by atoms with Crippen LogP contribution in [0.1, 0.15) is 116 Å². The van der Waals surface area contributed by atoms with Crippen LogP contribution in [0.2, 0.25) is 0 Å². The second-order valence-corrected chi connectivity index (χ2v) is 15.9. The van der Waals surface area contributed by atoms with Crippen molar-refractivity contribution in [2.75, 3.05) is 13.1 Å². The van der Waals surface area contributed by atoms with E-state index in [1.807, 2.05) is 53.9 Å². The van der Waals surface area contributed by atoms with E-state index in [1.54, 1.807) is 9.80 Å². The fourth-order valence-electron chi connectivity index (χ4n) is 7.48. The maximum absolute atomic E-state index is 12.9. The minimum Gasteiger partial charge on any atom is -0.444 e. The predicted octanol–water partition coefficient (Wildman–Crippen LogP) is 9.43. The van der Waals surface area contributed by atoms with E-state index in [9.17, 15) is 9.59 Å². The molecule has 4 heterocycles. The number of amides is 2. The molecule has 262 valence electrons. The summed E-state index contributed by atoms with van der Waals surface area (Å²) < 4.78 is 11.4. The SMILES string of the molecule is CC(C)=C1c2cc(-c3cnc([C@@H]4CCCN4C(=O)OC(C)(C)C)[nH]3)ccc2-c2ccc(-c3cnc([C@@H]4CCCN4C(=O)OC(C)(C)C)[nH]3)cc21. The minimum atomic E-state index is -0.550. The molecule has 10 heteroatoms. The number of carbonyl (C=O) groups excluding carboxylic acids is 2. The highest BCUT2D eigenvalue weighted by Crippen LogP contribution is 2.48. The molecule has 4 aromatic rings. The highest BCUT2D eigenvalue weighted by Gasteiger charge is 2.36. The molecule has 1 aliphatic carbocycles. The van der Waals surface area contributed by atoms with E-state index >= 15 is 0 Å². The number of hydrogen-bond acceptors (Lipinski definition) is 6. The van der Waals surface area contributed by atoms with Gasteiger partial charge < -0.3 is 19.4 Å². The number of imidazole rings is 2. The molecule has 2 aromatic carbocycles. The number of allylic oxidation sites excluding steroid dienone is 1. The molecule has 2 atom stereocenters. The van der Waals surface area contributed by atoms with Gasteiger partial charge >= 0.3 is 12.2 Å². The third-order valence-electron chi connectivity index (χ3n) is 9.57. The summed E-state index contributed by atoms with van der Waals surface area (Å²) in [6.45, 7) is 17.0. The number of ether oxygens (including phenoxy) is 2. The number of H-pyrrole nitrogens is 2. The second-order valence-electron chi connectivity index (χ2n) is 15.9. The Hall–Kier alpha value is -4.86. The van der Waals surface area contributed by atoms with Gasteiger partial charge in [-0.15, -0.1) is 0 Å². The van der Waals surface area contributed by atoms with Crippen LogP contribution >= 0.6 is 0 Å². The van der Waals surface area contributed by atoms with Gasteiger partial charge in [-0.2, -0.15) is 0 Å². The smallest absolute Gasteiger partial charge is 0.410 e. The van der Waals surface area contributed by atoms with Crippen molar-refractivity contribution < 1.29 is 19.1 Å². The molecule has 2 aliphatic heterocycles. The van der Waals surface area contributed by atoms with Crippen LogP contribution in [0.5, 0.6) is 0 Å². The molecule has 0 radical (unpaired) electrons. The van der Waals surface area contributed by atoms with Crippen molar-refractivity contribution in [3.05, 3.63) is 77.1 Å². The molecule has 0 spiro atoms. The Morgan fingerprint density at radius 1 is 0.680 bits per heavy atom. The number of aromatic nitrogens is 4. The Bertz CT molecular complexity index is 1850. The Kier molecular flexibility index (Phi) is 8.39. The lowest BCUT2D eigenvalue weighted by molar-refractivity contribution is 0.0208. The summed E-state index contributed by atoms with van der Waals surface area (Å²) in [5, 5.41) is 0. The predicted molar refractivity (Wildman–Crippen MR) is 194 cm³/mol. The standard InChI is InChI=1S/C40H48N6O4/c1-23(2)34-28-19-24(30-21-41-35(43-30)32-11-9-17-45(32)37(47)49-39(3,4)5)13-15-26(28)27-16-14-25(20-29(27)34)31-22-42-36(44-31)33-12-10-18-46(33)38(48)50-40(6,7)8/h13-16,19-22,32-33H,9-12,17-18H2,1-8H3,(H,41,43)(H,42,44)/t32-,33-/m0/s1. The van der Waals surface area contributed by atoms with Gasteiger partial charge in [0.15, 0.2) is 0 Å². The molecule has 10 nitrogen and oxygen atoms in total. The fourth-order valence-corrected chi connectivity index (χ4v) is 7.48. The molecule has 2 amide bonds. The third kappa shape index (κ3) is 6.43. The maximum Gasteiger partial charge on any atom is 0.410 e. The fraction of sp³-hybridized carbons (Fsp3) is 0.450. The monoisotopic (exact) mass is 676 g/mol. The van der Waals surface area contributed by atoms with E-state index in [0.717, 1.165) is 59.8 Å². The summed E-state index contributed by atoms with van der Waals surface area (Å²) in [7, 11) is 0. The Labute approximate surface area is 294 Å². The number of likely N-dealkylation sites (tertiary alicyclic amines) is 2. The lowest BCUT2D eigenvalue weighted by Gasteiger charge is -2.27. The molecule has 2 fully saturated rings. The Morgan fingerprint density at radius 2 is 1.10 bits per heavy atom. The van der Waals surface area contributed by atoms with Gasteiger partial charge in [-0.1, -0.05) is 29.8 Å². The van der Waals surface area contributed by atoms with Gasteiger partial charge in [0.2, 0.25) is 0 Å². The van der Waals surface area contributed by atoms with Gasteiger partial charge in [0, 0.05) is 24.2 Å². The van der Waals surface area contributed by atoms with Crippen molar-refractivity contribution in [3.63, 3.8) is 0 Å². The zero-order chi connectivity index (χ0) is 35.5. The molecule has 7 rings (SSSR count). The highest BCUT2D eigenvalue weighted by molar-refractivity contribution is 6.03. The number of carbonyl (C=O) groups is 2. The Morgan fingerprint density at radius 3 is 1.48 bits per heavy atom. The average Bonchev–Trinajstić information content (AvgIpc) is 3.86. The van der Waals surface area contributed by atoms with E-state index in [4.69, 9.17) is 19.4 Å². The number of aromatic amines is 2. The topological polar surface area (TPSA) is 116 Å². The minimum absolute atomic E-state index is 0.138. The normalized spacial score (nSPS) is 18.8. The van der Waals surface area contributed by atoms with Gasteiger partial charge in [-0.25, -0.2) is 19.6 Å². The first-order valence-electron chi connectivity index (χ1n) is 17.7. The lowest BCUT2D eigenvalue weighted by atomic mass is 9.96. The van der Waals surface area contributed by atoms with Gasteiger partial charge in [0.1, 0.15) is 22.9 Å². The number of nitrogens with one attached hydrogen (secondary N) is 2. The largest absolute Gasteiger partial charge is 0.444 e. The number of rotatable bonds is 4. The van der Waals surface area contributed by atoms with E-state index in [2.05, 4.69) is 60.2 Å². The summed E-state index contributed by atoms with van der Waals surface area (Å²) in [5.74, 6) is 1.56. The van der Waals surface area contributed by atoms with Crippen LogP contribution in [-0.4, -0.2) is 66.2 Å². The van der Waals surface area contributed by atoms with E-state index in [-0.39, 0.29) is 24.3 Å². The van der Waals surface area contributed by atoms with Crippen LogP contribution in [0, 0.1) is 0 Å². The van der Waals surface area contributed by atoms with Gasteiger partial charge in [0.25, 0.3) is 0 Å². The molecule has 3 aliphatic rings. The van der Waals surface area contributed by atoms with Crippen LogP contribution < -0.4 is 0 Å². The molecular weight excluding hydrogens is 628 g/mol. The molecule has 0 bridgehead atoms. The zero-order valence-electron chi connectivity index (χ0n) is 30.4. The van der Waals surface area contributed by atoms with Crippen molar-refractivity contribution in [1.82, 2.24) is 29.7 Å². The highest BCUT2D eigenvalue weighted by atomic mass is 16.6. The van der Waals surface area contributed by atoms with Gasteiger partial charge in [0.05, 0.1) is 35.9 Å². The van der Waals surface area contributed by atoms with Crippen molar-refractivity contribution >= 4 is 17.8 Å². The first-order valence-corrected chi connectivity index (χ1v) is 17.7. The number of nitrogens with zero attached hydrogens (tertiary/aromatic N) is 4. The molecule has 50 heavy (non-hydrogen) atoms. The quantitative estimate of drug-likeness (QED) is 0.196. The van der Waals surface area contributed by atoms with Gasteiger partial charge in [-0.3, -0.25) is 9.80 Å². The number of fused-ring (bicyclic) bond motifs is 3. The second kappa shape index (κ2) is 12.5. The van der Waals surface area contributed by atoms with Crippen molar-refractivity contribution in [2.45, 2.75) is 104 Å². The van der Waals surface area contributed by atoms with E-state index < -0.39 is 11.2 Å². The summed E-state index contributed by atoms with van der Waals surface area (Å²) in [6.07, 6.45) is 6.65. The van der Waals surface area contributed by atoms with E-state index in [1.165, 1.54) is 33.4 Å². The summed E-state index contributed by atoms with van der Waals surface area (Å²) in [5.41, 5.74) is 10.0. The van der Waals surface area contributed by atoms with Crippen molar-refractivity contribution in [3.8, 4) is 33.6 Å². The molecule has 2 aromatic heterocycles. The summed E-state index contributed by atoms with van der Waals surface area (Å²) >= 11 is 0. The zero-order valence-corrected chi connectivity index (χ0v) is 30.4. The first kappa shape index (κ1) is 33.6. The average molecular weight is 677 g/mol. The number of hydrogen-bond donors (Lipinski definition) is 2.